The second-order valence-corrected chi connectivity index (χ2v) is 8.03. The lowest BCUT2D eigenvalue weighted by atomic mass is 10.3. The first kappa shape index (κ1) is 15.4. The van der Waals surface area contributed by atoms with Gasteiger partial charge in [0.25, 0.3) is 0 Å². The van der Waals surface area contributed by atoms with Crippen molar-refractivity contribution in [3.8, 4) is 0 Å². The van der Waals surface area contributed by atoms with Crippen molar-refractivity contribution in [2.75, 3.05) is 23.8 Å². The number of benzene rings is 1. The fourth-order valence-corrected chi connectivity index (χ4v) is 4.90. The van der Waals surface area contributed by atoms with E-state index in [0.29, 0.717) is 18.0 Å². The highest BCUT2D eigenvalue weighted by Gasteiger charge is 2.35. The number of nitrogens with zero attached hydrogens (tertiary/aromatic N) is 1. The molecule has 0 bridgehead atoms. The van der Waals surface area contributed by atoms with Gasteiger partial charge >= 0.3 is 0 Å². The first-order valence-corrected chi connectivity index (χ1v) is 9.21. The van der Waals surface area contributed by atoms with Crippen molar-refractivity contribution in [1.29, 1.82) is 0 Å². The quantitative estimate of drug-likeness (QED) is 0.455. The van der Waals surface area contributed by atoms with Crippen LogP contribution in [-0.4, -0.2) is 36.8 Å². The topological polar surface area (TPSA) is 63.4 Å². The van der Waals surface area contributed by atoms with Gasteiger partial charge in [0.15, 0.2) is 0 Å². The SMILES string of the molecule is C=CCN(C1CC1)S(=O)(=O)CCSc1ccc(N)cc1. The number of nitrogens with two attached hydrogens (primary N) is 1. The van der Waals surface area contributed by atoms with E-state index in [1.165, 1.54) is 11.8 Å². The number of sulfonamides is 1. The molecular formula is C14H20N2O2S2. The molecule has 0 spiro atoms. The molecule has 110 valence electrons. The van der Waals surface area contributed by atoms with Crippen LogP contribution in [0.15, 0.2) is 41.8 Å². The van der Waals surface area contributed by atoms with E-state index in [0.717, 1.165) is 17.7 Å². The van der Waals surface area contributed by atoms with Gasteiger partial charge in [-0.1, -0.05) is 6.08 Å². The highest BCUT2D eigenvalue weighted by atomic mass is 32.2. The van der Waals surface area contributed by atoms with Crippen molar-refractivity contribution < 1.29 is 8.42 Å². The van der Waals surface area contributed by atoms with Crippen LogP contribution < -0.4 is 5.73 Å². The fraction of sp³-hybridized carbons (Fsp3) is 0.429. The van der Waals surface area contributed by atoms with Gasteiger partial charge in [0.05, 0.1) is 5.75 Å². The average Bonchev–Trinajstić information content (AvgIpc) is 3.22. The number of rotatable bonds is 8. The summed E-state index contributed by atoms with van der Waals surface area (Å²) in [5.41, 5.74) is 6.33. The van der Waals surface area contributed by atoms with Crippen LogP contribution in [0.25, 0.3) is 0 Å². The monoisotopic (exact) mass is 312 g/mol. The zero-order valence-electron chi connectivity index (χ0n) is 11.4. The van der Waals surface area contributed by atoms with Gasteiger partial charge in [0, 0.05) is 28.9 Å². The first-order chi connectivity index (χ1) is 9.53. The molecule has 0 aliphatic heterocycles. The third kappa shape index (κ3) is 4.26. The normalized spacial score (nSPS) is 15.4. The zero-order valence-corrected chi connectivity index (χ0v) is 13.0. The summed E-state index contributed by atoms with van der Waals surface area (Å²) in [4.78, 5) is 1.04. The first-order valence-electron chi connectivity index (χ1n) is 6.61. The average molecular weight is 312 g/mol. The molecule has 0 amide bonds. The molecule has 6 heteroatoms. The second-order valence-electron chi connectivity index (χ2n) is 4.82. The van der Waals surface area contributed by atoms with Gasteiger partial charge in [-0.2, -0.15) is 4.31 Å². The molecule has 0 radical (unpaired) electrons. The van der Waals surface area contributed by atoms with Crippen molar-refractivity contribution >= 4 is 27.5 Å². The molecule has 1 aromatic carbocycles. The van der Waals surface area contributed by atoms with Gasteiger partial charge in [-0.05, 0) is 37.1 Å². The van der Waals surface area contributed by atoms with Crippen molar-refractivity contribution in [3.05, 3.63) is 36.9 Å². The molecule has 1 saturated carbocycles. The molecule has 1 aliphatic rings. The summed E-state index contributed by atoms with van der Waals surface area (Å²) in [5.74, 6) is 0.707. The summed E-state index contributed by atoms with van der Waals surface area (Å²) in [7, 11) is -3.18. The minimum absolute atomic E-state index is 0.159. The molecule has 2 rings (SSSR count). The van der Waals surface area contributed by atoms with Gasteiger partial charge < -0.3 is 5.73 Å². The summed E-state index contributed by atoms with van der Waals surface area (Å²) in [5, 5.41) is 0. The molecule has 0 heterocycles. The van der Waals surface area contributed by atoms with Crippen LogP contribution in [0.3, 0.4) is 0 Å². The lowest BCUT2D eigenvalue weighted by molar-refractivity contribution is 0.437. The second kappa shape index (κ2) is 6.65. The van der Waals surface area contributed by atoms with Gasteiger partial charge in [0.1, 0.15) is 0 Å². The largest absolute Gasteiger partial charge is 0.399 e. The molecule has 1 aliphatic carbocycles. The van der Waals surface area contributed by atoms with E-state index in [-0.39, 0.29) is 11.8 Å². The van der Waals surface area contributed by atoms with E-state index in [1.807, 2.05) is 24.3 Å². The van der Waals surface area contributed by atoms with Crippen LogP contribution in [0, 0.1) is 0 Å². The number of hydrogen-bond acceptors (Lipinski definition) is 4. The highest BCUT2D eigenvalue weighted by molar-refractivity contribution is 8.00. The van der Waals surface area contributed by atoms with Crippen molar-refractivity contribution in [2.24, 2.45) is 0 Å². The lowest BCUT2D eigenvalue weighted by Gasteiger charge is -2.19. The molecule has 1 aromatic rings. The summed E-state index contributed by atoms with van der Waals surface area (Å²) in [6, 6.07) is 7.67. The van der Waals surface area contributed by atoms with Crippen LogP contribution in [0.2, 0.25) is 0 Å². The zero-order chi connectivity index (χ0) is 14.6. The Morgan fingerprint density at radius 3 is 2.55 bits per heavy atom. The van der Waals surface area contributed by atoms with Crippen LogP contribution in [0.1, 0.15) is 12.8 Å². The van der Waals surface area contributed by atoms with Crippen molar-refractivity contribution in [1.82, 2.24) is 4.31 Å². The third-order valence-electron chi connectivity index (χ3n) is 3.11. The summed E-state index contributed by atoms with van der Waals surface area (Å²) in [6.07, 6.45) is 3.60. The summed E-state index contributed by atoms with van der Waals surface area (Å²) >= 11 is 1.54. The molecular weight excluding hydrogens is 292 g/mol. The van der Waals surface area contributed by atoms with E-state index in [4.69, 9.17) is 5.73 Å². The Morgan fingerprint density at radius 2 is 2.00 bits per heavy atom. The maximum Gasteiger partial charge on any atom is 0.215 e. The standard InChI is InChI=1S/C14H20N2O2S2/c1-2-9-16(13-5-6-13)20(17,18)11-10-19-14-7-3-12(15)4-8-14/h2-4,7-8,13H,1,5-6,9-11,15H2. The van der Waals surface area contributed by atoms with Crippen LogP contribution >= 0.6 is 11.8 Å². The maximum atomic E-state index is 12.3. The van der Waals surface area contributed by atoms with Crippen LogP contribution in [-0.2, 0) is 10.0 Å². The Hall–Kier alpha value is -0.980. The van der Waals surface area contributed by atoms with Crippen LogP contribution in [0.4, 0.5) is 5.69 Å². The number of anilines is 1. The molecule has 0 saturated heterocycles. The number of hydrogen-bond donors (Lipinski definition) is 1. The predicted molar refractivity (Wildman–Crippen MR) is 85.3 cm³/mol. The maximum absolute atomic E-state index is 12.3. The summed E-state index contributed by atoms with van der Waals surface area (Å²) < 4.78 is 26.2. The van der Waals surface area contributed by atoms with Gasteiger partial charge in [0.2, 0.25) is 10.0 Å². The Morgan fingerprint density at radius 1 is 1.35 bits per heavy atom. The highest BCUT2D eigenvalue weighted by Crippen LogP contribution is 2.30. The van der Waals surface area contributed by atoms with E-state index >= 15 is 0 Å². The van der Waals surface area contributed by atoms with Crippen LogP contribution in [0.5, 0.6) is 0 Å². The molecule has 0 atom stereocenters. The van der Waals surface area contributed by atoms with Crippen molar-refractivity contribution in [2.45, 2.75) is 23.8 Å². The Labute approximate surface area is 125 Å². The van der Waals surface area contributed by atoms with Gasteiger partial charge in [-0.25, -0.2) is 8.42 Å². The molecule has 1 fully saturated rings. The third-order valence-corrected chi connectivity index (χ3v) is 6.26. The minimum Gasteiger partial charge on any atom is -0.399 e. The Balaban J connectivity index is 1.88. The van der Waals surface area contributed by atoms with E-state index < -0.39 is 10.0 Å². The lowest BCUT2D eigenvalue weighted by Crippen LogP contribution is -2.35. The Bertz CT molecular complexity index is 551. The van der Waals surface area contributed by atoms with E-state index in [9.17, 15) is 8.42 Å². The number of thioether (sulfide) groups is 1. The number of nitrogen functional groups attached to an aromatic ring is 1. The van der Waals surface area contributed by atoms with E-state index in [2.05, 4.69) is 6.58 Å². The van der Waals surface area contributed by atoms with E-state index in [1.54, 1.807) is 10.4 Å². The predicted octanol–water partition coefficient (Wildman–Crippen LogP) is 2.34. The Kier molecular flexibility index (Phi) is 5.12. The van der Waals surface area contributed by atoms with Gasteiger partial charge in [-0.15, -0.1) is 18.3 Å². The molecule has 0 aromatic heterocycles. The van der Waals surface area contributed by atoms with Gasteiger partial charge in [-0.3, -0.25) is 0 Å². The molecule has 20 heavy (non-hydrogen) atoms. The molecule has 0 unspecified atom stereocenters. The smallest absolute Gasteiger partial charge is 0.215 e. The minimum atomic E-state index is -3.18. The molecule has 4 nitrogen and oxygen atoms in total. The summed E-state index contributed by atoms with van der Waals surface area (Å²) in [6.45, 7) is 4.05. The fourth-order valence-electron chi connectivity index (χ4n) is 1.93. The van der Waals surface area contributed by atoms with Crippen molar-refractivity contribution in [3.63, 3.8) is 0 Å². The molecule has 2 N–H and O–H groups in total.